The summed E-state index contributed by atoms with van der Waals surface area (Å²) in [7, 11) is 0. The number of likely N-dealkylation sites (tertiary alicyclic amines) is 1. The number of carbonyl (C=O) groups is 2. The van der Waals surface area contributed by atoms with Gasteiger partial charge in [0.15, 0.2) is 0 Å². The van der Waals surface area contributed by atoms with Gasteiger partial charge in [-0.05, 0) is 31.2 Å². The topological polar surface area (TPSA) is 49.4 Å². The minimum absolute atomic E-state index is 0.00859. The van der Waals surface area contributed by atoms with Crippen LogP contribution in [0.1, 0.15) is 44.1 Å². The van der Waals surface area contributed by atoms with Gasteiger partial charge in [-0.25, -0.2) is 0 Å². The fraction of sp³-hybridized carbons (Fsp3) is 0.556. The molecule has 1 aliphatic heterocycles. The van der Waals surface area contributed by atoms with E-state index in [-0.39, 0.29) is 18.2 Å². The highest BCUT2D eigenvalue weighted by Crippen LogP contribution is 2.10. The van der Waals surface area contributed by atoms with Crippen molar-refractivity contribution in [1.29, 1.82) is 0 Å². The van der Waals surface area contributed by atoms with E-state index in [4.69, 9.17) is 0 Å². The van der Waals surface area contributed by atoms with Crippen molar-refractivity contribution in [1.82, 2.24) is 10.2 Å². The number of aryl methyl sites for hydroxylation is 1. The Kier molecular flexibility index (Phi) is 6.94. The molecule has 0 aromatic heterocycles. The van der Waals surface area contributed by atoms with Crippen LogP contribution in [0.25, 0.3) is 0 Å². The van der Waals surface area contributed by atoms with Crippen molar-refractivity contribution in [2.24, 2.45) is 0 Å². The molecule has 0 bridgehead atoms. The van der Waals surface area contributed by atoms with Gasteiger partial charge in [-0.1, -0.05) is 43.2 Å². The first-order valence-electron chi connectivity index (χ1n) is 8.34. The van der Waals surface area contributed by atoms with E-state index in [1.54, 1.807) is 0 Å². The Morgan fingerprint density at radius 1 is 1.00 bits per heavy atom. The van der Waals surface area contributed by atoms with Crippen LogP contribution in [0.4, 0.5) is 0 Å². The standard InChI is InChI=1S/C18H26N2O2/c21-17(15-18(22)20-13-6-1-2-7-14-20)19-12-8-11-16-9-4-3-5-10-16/h3-5,9-10H,1-2,6-8,11-15H2,(H,19,21). The lowest BCUT2D eigenvalue weighted by atomic mass is 10.1. The smallest absolute Gasteiger partial charge is 0.232 e. The van der Waals surface area contributed by atoms with Gasteiger partial charge in [-0.2, -0.15) is 0 Å². The average molecular weight is 302 g/mol. The molecule has 0 aliphatic carbocycles. The SMILES string of the molecule is O=C(CC(=O)N1CCCCCC1)NCCCc1ccccc1. The van der Waals surface area contributed by atoms with Crippen molar-refractivity contribution >= 4 is 11.8 Å². The third-order valence-corrected chi connectivity index (χ3v) is 4.08. The number of amides is 2. The lowest BCUT2D eigenvalue weighted by molar-refractivity contribution is -0.136. The maximum Gasteiger partial charge on any atom is 0.232 e. The number of nitrogens with one attached hydrogen (secondary N) is 1. The average Bonchev–Trinajstić information content (AvgIpc) is 2.82. The van der Waals surface area contributed by atoms with Crippen LogP contribution in [0.5, 0.6) is 0 Å². The number of benzene rings is 1. The van der Waals surface area contributed by atoms with Crippen LogP contribution in [0.2, 0.25) is 0 Å². The summed E-state index contributed by atoms with van der Waals surface area (Å²) >= 11 is 0. The van der Waals surface area contributed by atoms with Crippen LogP contribution < -0.4 is 5.32 Å². The molecular weight excluding hydrogens is 276 g/mol. The zero-order chi connectivity index (χ0) is 15.6. The lowest BCUT2D eigenvalue weighted by Gasteiger charge is -2.19. The van der Waals surface area contributed by atoms with E-state index in [0.29, 0.717) is 6.54 Å². The second-order valence-electron chi connectivity index (χ2n) is 5.91. The minimum atomic E-state index is -0.151. The summed E-state index contributed by atoms with van der Waals surface area (Å²) < 4.78 is 0. The van der Waals surface area contributed by atoms with E-state index < -0.39 is 0 Å². The Bertz CT molecular complexity index is 465. The molecule has 1 aromatic carbocycles. The molecule has 1 saturated heterocycles. The molecule has 0 atom stereocenters. The van der Waals surface area contributed by atoms with Gasteiger partial charge in [0.25, 0.3) is 0 Å². The summed E-state index contributed by atoms with van der Waals surface area (Å²) in [5.74, 6) is -0.176. The predicted octanol–water partition coefficient (Wildman–Crippen LogP) is 2.53. The molecule has 22 heavy (non-hydrogen) atoms. The molecule has 120 valence electrons. The van der Waals surface area contributed by atoms with Gasteiger partial charge in [0.1, 0.15) is 6.42 Å². The van der Waals surface area contributed by atoms with Gasteiger partial charge in [-0.15, -0.1) is 0 Å². The third kappa shape index (κ3) is 5.88. The van der Waals surface area contributed by atoms with Crippen molar-refractivity contribution in [3.8, 4) is 0 Å². The summed E-state index contributed by atoms with van der Waals surface area (Å²) in [6.45, 7) is 2.24. The normalized spacial score (nSPS) is 15.2. The summed E-state index contributed by atoms with van der Waals surface area (Å²) in [6.07, 6.45) is 6.33. The molecule has 0 spiro atoms. The van der Waals surface area contributed by atoms with Gasteiger partial charge in [0, 0.05) is 19.6 Å². The monoisotopic (exact) mass is 302 g/mol. The van der Waals surface area contributed by atoms with Crippen LogP contribution in [-0.2, 0) is 16.0 Å². The molecule has 2 rings (SSSR count). The first-order chi connectivity index (χ1) is 10.8. The highest BCUT2D eigenvalue weighted by Gasteiger charge is 2.18. The molecule has 4 heteroatoms. The first kappa shape index (κ1) is 16.5. The van der Waals surface area contributed by atoms with Gasteiger partial charge in [-0.3, -0.25) is 9.59 Å². The lowest BCUT2D eigenvalue weighted by Crippen LogP contribution is -2.36. The Morgan fingerprint density at radius 2 is 1.68 bits per heavy atom. The highest BCUT2D eigenvalue weighted by molar-refractivity contribution is 5.96. The number of carbonyl (C=O) groups excluding carboxylic acids is 2. The Labute approximate surface area is 132 Å². The Hall–Kier alpha value is -1.84. The molecule has 1 heterocycles. The molecule has 0 radical (unpaired) electrons. The van der Waals surface area contributed by atoms with E-state index in [2.05, 4.69) is 17.4 Å². The third-order valence-electron chi connectivity index (χ3n) is 4.08. The first-order valence-corrected chi connectivity index (χ1v) is 8.34. The minimum Gasteiger partial charge on any atom is -0.356 e. The van der Waals surface area contributed by atoms with Crippen LogP contribution in [0.3, 0.4) is 0 Å². The van der Waals surface area contributed by atoms with Gasteiger partial charge in [0.05, 0.1) is 0 Å². The van der Waals surface area contributed by atoms with Crippen LogP contribution in [-0.4, -0.2) is 36.3 Å². The second-order valence-corrected chi connectivity index (χ2v) is 5.91. The second kappa shape index (κ2) is 9.23. The summed E-state index contributed by atoms with van der Waals surface area (Å²) in [6, 6.07) is 10.2. The van der Waals surface area contributed by atoms with Crippen molar-refractivity contribution in [2.75, 3.05) is 19.6 Å². The Morgan fingerprint density at radius 3 is 2.36 bits per heavy atom. The Balaban J connectivity index is 1.61. The maximum absolute atomic E-state index is 12.1. The largest absolute Gasteiger partial charge is 0.356 e. The number of hydrogen-bond acceptors (Lipinski definition) is 2. The molecule has 1 aromatic rings. The predicted molar refractivity (Wildman–Crippen MR) is 87.4 cm³/mol. The van der Waals surface area contributed by atoms with E-state index in [9.17, 15) is 9.59 Å². The molecule has 4 nitrogen and oxygen atoms in total. The zero-order valence-corrected chi connectivity index (χ0v) is 13.2. The van der Waals surface area contributed by atoms with E-state index in [1.165, 1.54) is 18.4 Å². The van der Waals surface area contributed by atoms with E-state index >= 15 is 0 Å². The molecule has 1 fully saturated rings. The maximum atomic E-state index is 12.1. The van der Waals surface area contributed by atoms with Crippen molar-refractivity contribution < 1.29 is 9.59 Å². The fourth-order valence-electron chi connectivity index (χ4n) is 2.80. The van der Waals surface area contributed by atoms with Gasteiger partial charge < -0.3 is 10.2 Å². The molecular formula is C18H26N2O2. The molecule has 0 saturated carbocycles. The molecule has 1 N–H and O–H groups in total. The summed E-state index contributed by atoms with van der Waals surface area (Å²) in [5, 5.41) is 2.85. The zero-order valence-electron chi connectivity index (χ0n) is 13.2. The van der Waals surface area contributed by atoms with Crippen LogP contribution >= 0.6 is 0 Å². The van der Waals surface area contributed by atoms with E-state index in [1.807, 2.05) is 23.1 Å². The fourth-order valence-corrected chi connectivity index (χ4v) is 2.80. The highest BCUT2D eigenvalue weighted by atomic mass is 16.2. The quantitative estimate of drug-likeness (QED) is 0.648. The van der Waals surface area contributed by atoms with Gasteiger partial charge in [0.2, 0.25) is 11.8 Å². The van der Waals surface area contributed by atoms with Crippen LogP contribution in [0.15, 0.2) is 30.3 Å². The van der Waals surface area contributed by atoms with Gasteiger partial charge >= 0.3 is 0 Å². The summed E-state index contributed by atoms with van der Waals surface area (Å²) in [4.78, 5) is 25.8. The van der Waals surface area contributed by atoms with Crippen molar-refractivity contribution in [3.63, 3.8) is 0 Å². The van der Waals surface area contributed by atoms with Crippen molar-refractivity contribution in [2.45, 2.75) is 44.9 Å². The molecule has 2 amide bonds. The number of hydrogen-bond donors (Lipinski definition) is 1. The van der Waals surface area contributed by atoms with Crippen LogP contribution in [0, 0.1) is 0 Å². The number of nitrogens with zero attached hydrogens (tertiary/aromatic N) is 1. The molecule has 1 aliphatic rings. The summed E-state index contributed by atoms with van der Waals surface area (Å²) in [5.41, 5.74) is 1.28. The van der Waals surface area contributed by atoms with E-state index in [0.717, 1.165) is 38.8 Å². The number of rotatable bonds is 6. The molecule has 0 unspecified atom stereocenters. The van der Waals surface area contributed by atoms with Crippen molar-refractivity contribution in [3.05, 3.63) is 35.9 Å².